The minimum Gasteiger partial charge on any atom is -0.550 e. The number of carbonyl (C=O) groups is 3. The number of carboxylic acid groups (broad SMARTS) is 3. The molecule has 0 aromatic carbocycles. The third kappa shape index (κ3) is 16.1. The van der Waals surface area contributed by atoms with Gasteiger partial charge in [-0.3, -0.25) is 0 Å². The Morgan fingerprint density at radius 2 is 1.20 bits per heavy atom. The Morgan fingerprint density at radius 1 is 0.720 bits per heavy atom. The molecular formula is C17H26Na2O6. The van der Waals surface area contributed by atoms with Crippen molar-refractivity contribution in [1.82, 2.24) is 0 Å². The Morgan fingerprint density at radius 3 is 1.60 bits per heavy atom. The van der Waals surface area contributed by atoms with Gasteiger partial charge in [-0.1, -0.05) is 51.9 Å². The van der Waals surface area contributed by atoms with E-state index >= 15 is 0 Å². The van der Waals surface area contributed by atoms with Gasteiger partial charge < -0.3 is 24.9 Å². The molecule has 132 valence electrons. The van der Waals surface area contributed by atoms with Crippen LogP contribution in [0.25, 0.3) is 0 Å². The van der Waals surface area contributed by atoms with Gasteiger partial charge in [0.1, 0.15) is 0 Å². The molecule has 0 unspecified atom stereocenters. The second kappa shape index (κ2) is 18.9. The van der Waals surface area contributed by atoms with Crippen molar-refractivity contribution in [2.24, 2.45) is 0 Å². The van der Waals surface area contributed by atoms with Gasteiger partial charge in [0, 0.05) is 11.5 Å². The van der Waals surface area contributed by atoms with Gasteiger partial charge in [-0.05, 0) is 31.3 Å². The summed E-state index contributed by atoms with van der Waals surface area (Å²) in [6.45, 7) is 2.15. The number of hydrogen-bond acceptors (Lipinski definition) is 5. The molecule has 0 amide bonds. The van der Waals surface area contributed by atoms with E-state index < -0.39 is 29.9 Å². The van der Waals surface area contributed by atoms with Gasteiger partial charge in [-0.2, -0.15) is 0 Å². The van der Waals surface area contributed by atoms with Crippen LogP contribution in [0.4, 0.5) is 0 Å². The van der Waals surface area contributed by atoms with E-state index in [2.05, 4.69) is 6.92 Å². The molecule has 0 heterocycles. The fourth-order valence-corrected chi connectivity index (χ4v) is 2.43. The fraction of sp³-hybridized carbons (Fsp3) is 0.706. The van der Waals surface area contributed by atoms with Crippen LogP contribution in [0.5, 0.6) is 0 Å². The van der Waals surface area contributed by atoms with E-state index in [1.165, 1.54) is 19.3 Å². The molecule has 0 aromatic heterocycles. The van der Waals surface area contributed by atoms with Gasteiger partial charge in [0.05, 0.1) is 5.97 Å². The van der Waals surface area contributed by atoms with Crippen LogP contribution in [0.1, 0.15) is 77.6 Å². The Balaban J connectivity index is -0.00000242. The van der Waals surface area contributed by atoms with Gasteiger partial charge in [-0.25, -0.2) is 4.79 Å². The van der Waals surface area contributed by atoms with Crippen molar-refractivity contribution < 1.29 is 88.8 Å². The summed E-state index contributed by atoms with van der Waals surface area (Å²) in [6.07, 6.45) is 7.40. The van der Waals surface area contributed by atoms with Crippen molar-refractivity contribution >= 4 is 17.9 Å². The van der Waals surface area contributed by atoms with Crippen LogP contribution in [0.2, 0.25) is 0 Å². The van der Waals surface area contributed by atoms with Crippen LogP contribution in [-0.2, 0) is 14.4 Å². The van der Waals surface area contributed by atoms with E-state index in [1.807, 2.05) is 0 Å². The second-order valence-corrected chi connectivity index (χ2v) is 5.65. The predicted octanol–water partition coefficient (Wildman–Crippen LogP) is -4.81. The normalized spacial score (nSPS) is 10.9. The maximum absolute atomic E-state index is 11.1. The predicted molar refractivity (Wildman–Crippen MR) is 81.1 cm³/mol. The first kappa shape index (κ1) is 29.9. The molecule has 0 aromatic rings. The van der Waals surface area contributed by atoms with Crippen molar-refractivity contribution in [1.29, 1.82) is 0 Å². The average Bonchev–Trinajstić information content (AvgIpc) is 2.47. The number of unbranched alkanes of at least 4 members (excludes halogenated alkanes) is 7. The van der Waals surface area contributed by atoms with E-state index in [-0.39, 0.29) is 77.5 Å². The number of carboxylic acids is 3. The van der Waals surface area contributed by atoms with Crippen molar-refractivity contribution in [3.05, 3.63) is 11.1 Å². The molecule has 0 saturated heterocycles. The van der Waals surface area contributed by atoms with Crippen molar-refractivity contribution in [3.63, 3.8) is 0 Å². The van der Waals surface area contributed by atoms with Gasteiger partial charge >= 0.3 is 65.1 Å². The monoisotopic (exact) mass is 372 g/mol. The Bertz CT molecular complexity index is 435. The standard InChI is InChI=1S/C17H28O6.2Na/c1-2-3-4-5-6-7-8-9-10-13(16(20)21)14(17(22)23)11-12-15(18)19;;/h2-12H2,1H3,(H,18,19)(H,20,21)(H,22,23);;/q;2*+1/p-2/b14-13+;;. The number of rotatable bonds is 14. The fourth-order valence-electron chi connectivity index (χ4n) is 2.43. The molecule has 0 fully saturated rings. The molecule has 0 bridgehead atoms. The van der Waals surface area contributed by atoms with Crippen molar-refractivity contribution in [2.45, 2.75) is 77.6 Å². The molecule has 0 aliphatic carbocycles. The first-order chi connectivity index (χ1) is 10.9. The molecule has 8 heteroatoms. The first-order valence-corrected chi connectivity index (χ1v) is 8.26. The second-order valence-electron chi connectivity index (χ2n) is 5.65. The Kier molecular flexibility index (Phi) is 22.6. The molecule has 0 radical (unpaired) electrons. The van der Waals surface area contributed by atoms with E-state index in [1.54, 1.807) is 0 Å². The van der Waals surface area contributed by atoms with E-state index in [4.69, 9.17) is 5.11 Å². The zero-order chi connectivity index (χ0) is 17.7. The SMILES string of the molecule is CCCCCCCCCC/C(C(=O)[O-])=C(/CCC(=O)[O-])C(=O)O.[Na+].[Na+]. The van der Waals surface area contributed by atoms with Crippen molar-refractivity contribution in [2.75, 3.05) is 0 Å². The molecule has 1 N–H and O–H groups in total. The number of aliphatic carboxylic acids is 3. The van der Waals surface area contributed by atoms with Crippen LogP contribution in [0, 0.1) is 0 Å². The number of carbonyl (C=O) groups excluding carboxylic acids is 2. The summed E-state index contributed by atoms with van der Waals surface area (Å²) in [5, 5.41) is 30.6. The quantitative estimate of drug-likeness (QED) is 0.186. The van der Waals surface area contributed by atoms with Gasteiger partial charge in [-0.15, -0.1) is 0 Å². The third-order valence-corrected chi connectivity index (χ3v) is 3.73. The zero-order valence-electron chi connectivity index (χ0n) is 15.8. The molecule has 0 aliphatic heterocycles. The smallest absolute Gasteiger partial charge is 0.550 e. The Hall–Kier alpha value is 0.150. The molecule has 6 nitrogen and oxygen atoms in total. The van der Waals surface area contributed by atoms with E-state index in [9.17, 15) is 24.6 Å². The van der Waals surface area contributed by atoms with Crippen LogP contribution < -0.4 is 69.3 Å². The molecular weight excluding hydrogens is 346 g/mol. The first-order valence-electron chi connectivity index (χ1n) is 8.26. The third-order valence-electron chi connectivity index (χ3n) is 3.73. The largest absolute Gasteiger partial charge is 1.00 e. The summed E-state index contributed by atoms with van der Waals surface area (Å²) in [5.41, 5.74) is -0.693. The van der Waals surface area contributed by atoms with Crippen LogP contribution >= 0.6 is 0 Å². The summed E-state index contributed by atoms with van der Waals surface area (Å²) in [5.74, 6) is -4.36. The van der Waals surface area contributed by atoms with Crippen molar-refractivity contribution in [3.8, 4) is 0 Å². The average molecular weight is 372 g/mol. The summed E-state index contributed by atoms with van der Waals surface area (Å²) >= 11 is 0. The Labute approximate surface area is 194 Å². The summed E-state index contributed by atoms with van der Waals surface area (Å²) in [7, 11) is 0. The van der Waals surface area contributed by atoms with Crippen LogP contribution in [0.15, 0.2) is 11.1 Å². The van der Waals surface area contributed by atoms with E-state index in [0.29, 0.717) is 6.42 Å². The molecule has 25 heavy (non-hydrogen) atoms. The number of hydrogen-bond donors (Lipinski definition) is 1. The molecule has 0 saturated carbocycles. The molecule has 0 aliphatic rings. The van der Waals surface area contributed by atoms with Gasteiger partial charge in [0.25, 0.3) is 0 Å². The van der Waals surface area contributed by atoms with E-state index in [0.717, 1.165) is 25.7 Å². The molecule has 0 rings (SSSR count). The molecule has 0 spiro atoms. The zero-order valence-corrected chi connectivity index (χ0v) is 19.8. The maximum Gasteiger partial charge on any atom is 1.00 e. The summed E-state index contributed by atoms with van der Waals surface area (Å²) < 4.78 is 0. The minimum absolute atomic E-state index is 0. The summed E-state index contributed by atoms with van der Waals surface area (Å²) in [6, 6.07) is 0. The van der Waals surface area contributed by atoms with Gasteiger partial charge in [0.2, 0.25) is 0 Å². The van der Waals surface area contributed by atoms with Crippen LogP contribution in [0.3, 0.4) is 0 Å². The van der Waals surface area contributed by atoms with Gasteiger partial charge in [0.15, 0.2) is 0 Å². The topological polar surface area (TPSA) is 118 Å². The minimum atomic E-state index is -1.54. The maximum atomic E-state index is 11.1. The van der Waals surface area contributed by atoms with Crippen LogP contribution in [-0.4, -0.2) is 23.0 Å². The summed E-state index contributed by atoms with van der Waals surface area (Å²) in [4.78, 5) is 32.7. The molecule has 0 atom stereocenters.